The van der Waals surface area contributed by atoms with Gasteiger partial charge in [0, 0.05) is 17.0 Å². The highest BCUT2D eigenvalue weighted by Crippen LogP contribution is 2.35. The summed E-state index contributed by atoms with van der Waals surface area (Å²) >= 11 is 0. The number of rotatable bonds is 10. The lowest BCUT2D eigenvalue weighted by Crippen LogP contribution is -2.25. The maximum absolute atomic E-state index is 12.4. The van der Waals surface area contributed by atoms with Gasteiger partial charge >= 0.3 is 0 Å². The van der Waals surface area contributed by atoms with Crippen LogP contribution in [0.15, 0.2) is 48.5 Å². The van der Waals surface area contributed by atoms with Crippen molar-refractivity contribution in [1.29, 1.82) is 0 Å². The highest BCUT2D eigenvalue weighted by molar-refractivity contribution is 5.84. The topological polar surface area (TPSA) is 72.7 Å². The zero-order chi connectivity index (χ0) is 20.7. The molecule has 0 aliphatic rings. The molecule has 0 aromatic heterocycles. The number of hydrogen-bond acceptors (Lipinski definition) is 5. The number of methoxy groups -OCH3 is 1. The molecule has 0 aliphatic carbocycles. The number of Topliss-reactive ketones (excluding diaryl/α,β-unsaturated/α-hetero) is 1. The van der Waals surface area contributed by atoms with E-state index in [4.69, 9.17) is 4.74 Å². The molecule has 0 bridgehead atoms. The predicted molar refractivity (Wildman–Crippen MR) is 109 cm³/mol. The molecule has 150 valence electrons. The summed E-state index contributed by atoms with van der Waals surface area (Å²) in [7, 11) is 1.54. The van der Waals surface area contributed by atoms with Gasteiger partial charge < -0.3 is 4.74 Å². The van der Waals surface area contributed by atoms with E-state index in [2.05, 4.69) is 18.7 Å². The monoisotopic (exact) mass is 384 g/mol. The molecule has 0 saturated heterocycles. The van der Waals surface area contributed by atoms with Crippen molar-refractivity contribution < 1.29 is 14.5 Å². The van der Waals surface area contributed by atoms with Crippen LogP contribution in [-0.2, 0) is 11.3 Å². The van der Waals surface area contributed by atoms with Crippen LogP contribution in [-0.4, -0.2) is 35.8 Å². The first-order chi connectivity index (χ1) is 13.4. The summed E-state index contributed by atoms with van der Waals surface area (Å²) in [6.07, 6.45) is 0. The molecule has 2 atom stereocenters. The van der Waals surface area contributed by atoms with Crippen LogP contribution >= 0.6 is 0 Å². The van der Waals surface area contributed by atoms with Crippen LogP contribution in [0.1, 0.15) is 49.4 Å². The van der Waals surface area contributed by atoms with Crippen LogP contribution < -0.4 is 4.74 Å². The Hall–Kier alpha value is -2.73. The molecule has 2 unspecified atom stereocenters. The van der Waals surface area contributed by atoms with Crippen molar-refractivity contribution in [2.75, 3.05) is 20.2 Å². The van der Waals surface area contributed by atoms with Crippen molar-refractivity contribution in [2.24, 2.45) is 0 Å². The summed E-state index contributed by atoms with van der Waals surface area (Å²) < 4.78 is 5.12. The number of ether oxygens (including phenoxy) is 1. The lowest BCUT2D eigenvalue weighted by Gasteiger charge is -2.21. The molecule has 0 fully saturated rings. The Labute approximate surface area is 166 Å². The van der Waals surface area contributed by atoms with Crippen molar-refractivity contribution >= 4 is 5.78 Å². The third-order valence-electron chi connectivity index (χ3n) is 5.08. The lowest BCUT2D eigenvalue weighted by molar-refractivity contribution is -0.531. The summed E-state index contributed by atoms with van der Waals surface area (Å²) in [5, 5.41) is 11.9. The van der Waals surface area contributed by atoms with E-state index in [1.54, 1.807) is 24.3 Å². The minimum Gasteiger partial charge on any atom is -0.497 e. The molecule has 0 N–H and O–H groups in total. The number of ketones is 1. The molecule has 28 heavy (non-hydrogen) atoms. The van der Waals surface area contributed by atoms with Gasteiger partial charge in [-0.25, -0.2) is 0 Å². The maximum Gasteiger partial charge on any atom is 0.251 e. The Morgan fingerprint density at radius 2 is 1.57 bits per heavy atom. The third-order valence-corrected chi connectivity index (χ3v) is 5.08. The molecule has 2 aromatic rings. The van der Waals surface area contributed by atoms with Crippen molar-refractivity contribution in [3.8, 4) is 5.75 Å². The Morgan fingerprint density at radius 1 is 1.04 bits per heavy atom. The van der Waals surface area contributed by atoms with Crippen LogP contribution in [0, 0.1) is 10.1 Å². The van der Waals surface area contributed by atoms with Crippen molar-refractivity contribution in [2.45, 2.75) is 39.3 Å². The molecular formula is C22H28N2O4. The Kier molecular flexibility index (Phi) is 7.70. The molecule has 0 radical (unpaired) electrons. The first-order valence-electron chi connectivity index (χ1n) is 9.50. The minimum absolute atomic E-state index is 0.228. The van der Waals surface area contributed by atoms with Crippen LogP contribution in [0.3, 0.4) is 0 Å². The van der Waals surface area contributed by atoms with Crippen LogP contribution in [0.4, 0.5) is 0 Å². The van der Waals surface area contributed by atoms with E-state index in [9.17, 15) is 14.9 Å². The van der Waals surface area contributed by atoms with Gasteiger partial charge in [-0.2, -0.15) is 0 Å². The van der Waals surface area contributed by atoms with E-state index in [0.717, 1.165) is 25.2 Å². The average Bonchev–Trinajstić information content (AvgIpc) is 2.70. The first kappa shape index (κ1) is 21.6. The molecule has 0 heterocycles. The summed E-state index contributed by atoms with van der Waals surface area (Å²) in [6.45, 7) is 8.36. The minimum atomic E-state index is -1.14. The number of hydrogen-bond donors (Lipinski definition) is 0. The predicted octanol–water partition coefficient (Wildman–Crippen LogP) is 4.23. The van der Waals surface area contributed by atoms with Gasteiger partial charge in [-0.3, -0.25) is 19.8 Å². The van der Waals surface area contributed by atoms with Gasteiger partial charge in [0.05, 0.1) is 7.11 Å². The van der Waals surface area contributed by atoms with Crippen LogP contribution in [0.2, 0.25) is 0 Å². The van der Waals surface area contributed by atoms with Gasteiger partial charge in [0.25, 0.3) is 6.04 Å². The van der Waals surface area contributed by atoms with E-state index in [0.29, 0.717) is 16.9 Å². The number of carbonyl (C=O) groups excluding carboxylic acids is 1. The van der Waals surface area contributed by atoms with E-state index >= 15 is 0 Å². The molecule has 0 saturated carbocycles. The SMILES string of the molecule is CCN(CC)Cc1ccc(C(C(C)=O)C(c2ccc(OC)cc2)[N+](=O)[O-])cc1. The molecule has 2 aromatic carbocycles. The van der Waals surface area contributed by atoms with E-state index in [1.165, 1.54) is 14.0 Å². The Morgan fingerprint density at radius 3 is 2.00 bits per heavy atom. The number of benzene rings is 2. The van der Waals surface area contributed by atoms with Crippen molar-refractivity contribution in [3.63, 3.8) is 0 Å². The summed E-state index contributed by atoms with van der Waals surface area (Å²) in [4.78, 5) is 26.2. The highest BCUT2D eigenvalue weighted by Gasteiger charge is 2.37. The molecule has 2 rings (SSSR count). The second-order valence-electron chi connectivity index (χ2n) is 6.79. The molecule has 6 heteroatoms. The fraction of sp³-hybridized carbons (Fsp3) is 0.409. The van der Waals surface area contributed by atoms with Gasteiger partial charge in [-0.15, -0.1) is 0 Å². The summed E-state index contributed by atoms with van der Waals surface area (Å²) in [5.74, 6) is -0.453. The number of nitro groups is 1. The Bertz CT molecular complexity index is 783. The quantitative estimate of drug-likeness (QED) is 0.453. The Balaban J connectivity index is 2.35. The van der Waals surface area contributed by atoms with E-state index in [1.807, 2.05) is 24.3 Å². The van der Waals surface area contributed by atoms with Gasteiger partial charge in [0.2, 0.25) is 0 Å². The zero-order valence-corrected chi connectivity index (χ0v) is 16.9. The van der Waals surface area contributed by atoms with E-state index in [-0.39, 0.29) is 10.7 Å². The van der Waals surface area contributed by atoms with Crippen LogP contribution in [0.5, 0.6) is 5.75 Å². The highest BCUT2D eigenvalue weighted by atomic mass is 16.6. The fourth-order valence-corrected chi connectivity index (χ4v) is 3.41. The number of carbonyl (C=O) groups is 1. The molecular weight excluding hydrogens is 356 g/mol. The largest absolute Gasteiger partial charge is 0.497 e. The summed E-state index contributed by atoms with van der Waals surface area (Å²) in [5.41, 5.74) is 2.27. The molecule has 0 aliphatic heterocycles. The fourth-order valence-electron chi connectivity index (χ4n) is 3.41. The van der Waals surface area contributed by atoms with Gasteiger partial charge in [-0.1, -0.05) is 38.1 Å². The zero-order valence-electron chi connectivity index (χ0n) is 16.9. The molecule has 6 nitrogen and oxygen atoms in total. The smallest absolute Gasteiger partial charge is 0.251 e. The van der Waals surface area contributed by atoms with E-state index < -0.39 is 12.0 Å². The lowest BCUT2D eigenvalue weighted by atomic mass is 9.84. The second-order valence-corrected chi connectivity index (χ2v) is 6.79. The van der Waals surface area contributed by atoms with Crippen LogP contribution in [0.25, 0.3) is 0 Å². The summed E-state index contributed by atoms with van der Waals surface area (Å²) in [6, 6.07) is 13.1. The average molecular weight is 384 g/mol. The maximum atomic E-state index is 12.4. The molecule has 0 spiro atoms. The number of nitrogens with zero attached hydrogens (tertiary/aromatic N) is 2. The van der Waals surface area contributed by atoms with Gasteiger partial charge in [-0.05, 0) is 55.4 Å². The van der Waals surface area contributed by atoms with Gasteiger partial charge in [0.15, 0.2) is 0 Å². The first-order valence-corrected chi connectivity index (χ1v) is 9.50. The van der Waals surface area contributed by atoms with Crippen molar-refractivity contribution in [1.82, 2.24) is 4.90 Å². The van der Waals surface area contributed by atoms with Crippen molar-refractivity contribution in [3.05, 3.63) is 75.3 Å². The normalized spacial score (nSPS) is 13.2. The second kappa shape index (κ2) is 9.99. The standard InChI is InChI=1S/C22H28N2O4/c1-5-23(6-2)15-17-7-9-18(10-8-17)21(16(3)25)22(24(26)27)19-11-13-20(28-4)14-12-19/h7-14,21-22H,5-6,15H2,1-4H3. The molecule has 0 amide bonds. The van der Waals surface area contributed by atoms with Gasteiger partial charge in [0.1, 0.15) is 17.5 Å². The third kappa shape index (κ3) is 5.16.